The molecule has 76 valence electrons. The number of rotatable bonds is 2. The number of hydrogen-bond donors (Lipinski definition) is 0. The lowest BCUT2D eigenvalue weighted by Crippen LogP contribution is -2.05. The van der Waals surface area contributed by atoms with Crippen molar-refractivity contribution >= 4 is 33.2 Å². The van der Waals surface area contributed by atoms with Crippen molar-refractivity contribution in [1.82, 2.24) is 0 Å². The number of esters is 1. The summed E-state index contributed by atoms with van der Waals surface area (Å²) < 4.78 is 6.08. The molecule has 15 heavy (non-hydrogen) atoms. The van der Waals surface area contributed by atoms with Gasteiger partial charge in [0.05, 0.1) is 3.79 Å². The molecule has 0 atom stereocenters. The second-order valence-electron chi connectivity index (χ2n) is 2.81. The third kappa shape index (κ3) is 2.67. The molecule has 0 saturated carbocycles. The Morgan fingerprint density at radius 1 is 1.13 bits per heavy atom. The van der Waals surface area contributed by atoms with Gasteiger partial charge in [0.15, 0.2) is 0 Å². The summed E-state index contributed by atoms with van der Waals surface area (Å²) in [6.45, 7) is 0. The number of hydrogen-bond acceptors (Lipinski definition) is 3. The van der Waals surface area contributed by atoms with Crippen LogP contribution in [0.2, 0.25) is 0 Å². The molecule has 0 N–H and O–H groups in total. The van der Waals surface area contributed by atoms with Crippen LogP contribution >= 0.6 is 27.3 Å². The smallest absolute Gasteiger partial charge is 0.353 e. The molecule has 0 bridgehead atoms. The highest BCUT2D eigenvalue weighted by Gasteiger charge is 2.10. The first kappa shape index (κ1) is 10.4. The normalized spacial score (nSPS) is 9.93. The van der Waals surface area contributed by atoms with Crippen molar-refractivity contribution in [2.75, 3.05) is 0 Å². The first-order valence-electron chi connectivity index (χ1n) is 4.28. The van der Waals surface area contributed by atoms with Gasteiger partial charge in [-0.05, 0) is 40.2 Å². The number of thiophene rings is 1. The molecular weight excluding hydrogens is 276 g/mol. The van der Waals surface area contributed by atoms with Crippen LogP contribution in [0.3, 0.4) is 0 Å². The van der Waals surface area contributed by atoms with Crippen molar-refractivity contribution < 1.29 is 9.53 Å². The van der Waals surface area contributed by atoms with Gasteiger partial charge in [-0.1, -0.05) is 18.2 Å². The minimum Gasteiger partial charge on any atom is -0.422 e. The number of halogens is 1. The van der Waals surface area contributed by atoms with E-state index in [4.69, 9.17) is 4.74 Å². The van der Waals surface area contributed by atoms with Gasteiger partial charge in [0.25, 0.3) is 0 Å². The summed E-state index contributed by atoms with van der Waals surface area (Å²) in [7, 11) is 0. The third-order valence-corrected chi connectivity index (χ3v) is 3.33. The summed E-state index contributed by atoms with van der Waals surface area (Å²) in [6, 6.07) is 12.6. The van der Waals surface area contributed by atoms with E-state index in [0.29, 0.717) is 10.6 Å². The number of benzene rings is 1. The van der Waals surface area contributed by atoms with E-state index in [9.17, 15) is 4.79 Å². The van der Waals surface area contributed by atoms with Crippen LogP contribution in [-0.4, -0.2) is 5.97 Å². The molecule has 0 aliphatic heterocycles. The van der Waals surface area contributed by atoms with Gasteiger partial charge in [-0.2, -0.15) is 0 Å². The summed E-state index contributed by atoms with van der Waals surface area (Å²) in [4.78, 5) is 12.2. The summed E-state index contributed by atoms with van der Waals surface area (Å²) in [5, 5.41) is 0. The lowest BCUT2D eigenvalue weighted by Gasteiger charge is -2.00. The number of para-hydroxylation sites is 1. The molecule has 0 aliphatic rings. The van der Waals surface area contributed by atoms with E-state index in [1.54, 1.807) is 18.2 Å². The molecule has 1 heterocycles. The average molecular weight is 283 g/mol. The van der Waals surface area contributed by atoms with Crippen molar-refractivity contribution in [3.63, 3.8) is 0 Å². The first-order chi connectivity index (χ1) is 7.25. The zero-order valence-corrected chi connectivity index (χ0v) is 10.0. The molecule has 0 unspecified atom stereocenters. The van der Waals surface area contributed by atoms with Crippen LogP contribution in [0.1, 0.15) is 9.67 Å². The molecule has 1 aromatic heterocycles. The minimum absolute atomic E-state index is 0.322. The van der Waals surface area contributed by atoms with E-state index in [0.717, 1.165) is 3.79 Å². The van der Waals surface area contributed by atoms with Crippen LogP contribution in [0.5, 0.6) is 5.75 Å². The molecule has 0 fully saturated rings. The molecule has 2 rings (SSSR count). The van der Waals surface area contributed by atoms with E-state index in [2.05, 4.69) is 15.9 Å². The predicted octanol–water partition coefficient (Wildman–Crippen LogP) is 3.73. The maximum Gasteiger partial charge on any atom is 0.353 e. The minimum atomic E-state index is -0.322. The Balaban J connectivity index is 2.11. The molecule has 2 nitrogen and oxygen atoms in total. The summed E-state index contributed by atoms with van der Waals surface area (Å²) in [5.74, 6) is 0.240. The van der Waals surface area contributed by atoms with Crippen LogP contribution in [-0.2, 0) is 0 Å². The van der Waals surface area contributed by atoms with Crippen molar-refractivity contribution in [3.05, 3.63) is 51.1 Å². The lowest BCUT2D eigenvalue weighted by molar-refractivity contribution is 0.0740. The summed E-state index contributed by atoms with van der Waals surface area (Å²) in [6.07, 6.45) is 0. The van der Waals surface area contributed by atoms with Gasteiger partial charge in [0, 0.05) is 0 Å². The van der Waals surface area contributed by atoms with Crippen LogP contribution in [0, 0.1) is 0 Å². The fraction of sp³-hybridized carbons (Fsp3) is 0. The molecule has 4 heteroatoms. The summed E-state index contributed by atoms with van der Waals surface area (Å²) >= 11 is 4.65. The lowest BCUT2D eigenvalue weighted by atomic mass is 10.3. The average Bonchev–Trinajstić information content (AvgIpc) is 2.66. The molecule has 0 aliphatic carbocycles. The quantitative estimate of drug-likeness (QED) is 0.620. The summed E-state index contributed by atoms with van der Waals surface area (Å²) in [5.41, 5.74) is 0. The Labute approximate surface area is 99.6 Å². The van der Waals surface area contributed by atoms with Crippen molar-refractivity contribution in [2.45, 2.75) is 0 Å². The molecule has 0 radical (unpaired) electrons. The van der Waals surface area contributed by atoms with Crippen LogP contribution in [0.25, 0.3) is 0 Å². The van der Waals surface area contributed by atoms with E-state index < -0.39 is 0 Å². The molecule has 1 aromatic carbocycles. The van der Waals surface area contributed by atoms with E-state index in [1.165, 1.54) is 11.3 Å². The predicted molar refractivity (Wildman–Crippen MR) is 63.4 cm³/mol. The second-order valence-corrected chi connectivity index (χ2v) is 5.27. The topological polar surface area (TPSA) is 26.3 Å². The fourth-order valence-electron chi connectivity index (χ4n) is 1.07. The van der Waals surface area contributed by atoms with Crippen molar-refractivity contribution in [2.24, 2.45) is 0 Å². The van der Waals surface area contributed by atoms with Gasteiger partial charge in [0.1, 0.15) is 10.6 Å². The number of carbonyl (C=O) groups is 1. The van der Waals surface area contributed by atoms with E-state index in [-0.39, 0.29) is 5.97 Å². The standard InChI is InChI=1S/C11H7BrO2S/c12-10-7-6-9(15-10)11(13)14-8-4-2-1-3-5-8/h1-7H. The Hall–Kier alpha value is -1.13. The number of ether oxygens (including phenoxy) is 1. The van der Waals surface area contributed by atoms with E-state index in [1.807, 2.05) is 24.3 Å². The van der Waals surface area contributed by atoms with E-state index >= 15 is 0 Å². The Bertz CT molecular complexity index is 464. The Morgan fingerprint density at radius 2 is 1.87 bits per heavy atom. The van der Waals surface area contributed by atoms with Gasteiger partial charge in [-0.15, -0.1) is 11.3 Å². The molecule has 0 spiro atoms. The Kier molecular flexibility index (Phi) is 3.18. The van der Waals surface area contributed by atoms with Gasteiger partial charge >= 0.3 is 5.97 Å². The van der Waals surface area contributed by atoms with Crippen LogP contribution in [0.4, 0.5) is 0 Å². The molecule has 0 amide bonds. The fourth-order valence-corrected chi connectivity index (χ4v) is 2.33. The zero-order chi connectivity index (χ0) is 10.7. The van der Waals surface area contributed by atoms with Gasteiger partial charge < -0.3 is 4.74 Å². The largest absolute Gasteiger partial charge is 0.422 e. The Morgan fingerprint density at radius 3 is 2.47 bits per heavy atom. The number of carbonyl (C=O) groups excluding carboxylic acids is 1. The zero-order valence-electron chi connectivity index (χ0n) is 7.64. The van der Waals surface area contributed by atoms with Gasteiger partial charge in [-0.3, -0.25) is 0 Å². The molecular formula is C11H7BrO2S. The molecule has 0 saturated heterocycles. The maximum atomic E-state index is 11.6. The van der Waals surface area contributed by atoms with Crippen LogP contribution < -0.4 is 4.74 Å². The monoisotopic (exact) mass is 282 g/mol. The van der Waals surface area contributed by atoms with Crippen LogP contribution in [0.15, 0.2) is 46.3 Å². The third-order valence-electron chi connectivity index (χ3n) is 1.73. The molecule has 2 aromatic rings. The highest BCUT2D eigenvalue weighted by Crippen LogP contribution is 2.23. The highest BCUT2D eigenvalue weighted by atomic mass is 79.9. The van der Waals surface area contributed by atoms with Gasteiger partial charge in [-0.25, -0.2) is 4.79 Å². The second kappa shape index (κ2) is 4.59. The highest BCUT2D eigenvalue weighted by molar-refractivity contribution is 9.11. The van der Waals surface area contributed by atoms with Crippen molar-refractivity contribution in [1.29, 1.82) is 0 Å². The SMILES string of the molecule is O=C(Oc1ccccc1)c1ccc(Br)s1. The maximum absolute atomic E-state index is 11.6. The van der Waals surface area contributed by atoms with Crippen molar-refractivity contribution in [3.8, 4) is 5.75 Å². The first-order valence-corrected chi connectivity index (χ1v) is 5.89. The van der Waals surface area contributed by atoms with Gasteiger partial charge in [0.2, 0.25) is 0 Å².